The standard InChI is InChI=1S/C10H14FNO/c1-2-3-6-13-10-7-8(11)4-5-9(10)12/h4-5,7H,2-3,6,12H2,1H3. The van der Waals surface area contributed by atoms with Crippen molar-refractivity contribution in [3.8, 4) is 5.75 Å². The van der Waals surface area contributed by atoms with E-state index in [9.17, 15) is 4.39 Å². The molecule has 13 heavy (non-hydrogen) atoms. The van der Waals surface area contributed by atoms with Crippen LogP contribution < -0.4 is 10.5 Å². The minimum atomic E-state index is -0.319. The Labute approximate surface area is 77.5 Å². The molecule has 1 aromatic rings. The minimum absolute atomic E-state index is 0.319. The first-order valence-electron chi connectivity index (χ1n) is 4.42. The van der Waals surface area contributed by atoms with E-state index < -0.39 is 0 Å². The molecule has 0 fully saturated rings. The Morgan fingerprint density at radius 2 is 2.23 bits per heavy atom. The molecule has 0 aliphatic heterocycles. The van der Waals surface area contributed by atoms with Crippen LogP contribution in [0.1, 0.15) is 19.8 Å². The smallest absolute Gasteiger partial charge is 0.145 e. The molecular weight excluding hydrogens is 169 g/mol. The van der Waals surface area contributed by atoms with E-state index >= 15 is 0 Å². The predicted octanol–water partition coefficient (Wildman–Crippen LogP) is 2.59. The van der Waals surface area contributed by atoms with Gasteiger partial charge >= 0.3 is 0 Å². The van der Waals surface area contributed by atoms with E-state index in [-0.39, 0.29) is 5.82 Å². The SMILES string of the molecule is CCCCOc1cc(F)ccc1N. The van der Waals surface area contributed by atoms with Crippen LogP contribution in [0.3, 0.4) is 0 Å². The molecule has 2 N–H and O–H groups in total. The number of ether oxygens (including phenoxy) is 1. The highest BCUT2D eigenvalue weighted by atomic mass is 19.1. The summed E-state index contributed by atoms with van der Waals surface area (Å²) in [6.07, 6.45) is 2.01. The topological polar surface area (TPSA) is 35.2 Å². The lowest BCUT2D eigenvalue weighted by Crippen LogP contribution is -2.00. The number of halogens is 1. The van der Waals surface area contributed by atoms with Gasteiger partial charge in [-0.05, 0) is 18.6 Å². The van der Waals surface area contributed by atoms with Crippen molar-refractivity contribution >= 4 is 5.69 Å². The molecule has 0 saturated heterocycles. The summed E-state index contributed by atoms with van der Waals surface area (Å²) in [5.74, 6) is 0.120. The highest BCUT2D eigenvalue weighted by molar-refractivity contribution is 5.52. The van der Waals surface area contributed by atoms with Gasteiger partial charge in [0.15, 0.2) is 0 Å². The van der Waals surface area contributed by atoms with Gasteiger partial charge in [0, 0.05) is 6.07 Å². The third-order valence-corrected chi connectivity index (χ3v) is 1.73. The summed E-state index contributed by atoms with van der Waals surface area (Å²) in [4.78, 5) is 0. The van der Waals surface area contributed by atoms with Gasteiger partial charge in [-0.3, -0.25) is 0 Å². The van der Waals surface area contributed by atoms with Gasteiger partial charge in [-0.2, -0.15) is 0 Å². The second-order valence-electron chi connectivity index (χ2n) is 2.88. The van der Waals surface area contributed by atoms with Crippen LogP contribution in [0.2, 0.25) is 0 Å². The number of nitrogens with two attached hydrogens (primary N) is 1. The van der Waals surface area contributed by atoms with Gasteiger partial charge in [0.2, 0.25) is 0 Å². The second kappa shape index (κ2) is 4.70. The van der Waals surface area contributed by atoms with Crippen molar-refractivity contribution in [2.24, 2.45) is 0 Å². The first-order chi connectivity index (χ1) is 6.24. The molecule has 0 spiro atoms. The third-order valence-electron chi connectivity index (χ3n) is 1.73. The summed E-state index contributed by atoms with van der Waals surface area (Å²) >= 11 is 0. The molecule has 1 aromatic carbocycles. The molecule has 72 valence electrons. The number of hydrogen-bond donors (Lipinski definition) is 1. The Hall–Kier alpha value is -1.25. The van der Waals surface area contributed by atoms with E-state index in [1.54, 1.807) is 0 Å². The van der Waals surface area contributed by atoms with Crippen LogP contribution in [-0.4, -0.2) is 6.61 Å². The summed E-state index contributed by atoms with van der Waals surface area (Å²) < 4.78 is 18.0. The van der Waals surface area contributed by atoms with Crippen molar-refractivity contribution in [1.82, 2.24) is 0 Å². The molecular formula is C10H14FNO. The second-order valence-corrected chi connectivity index (χ2v) is 2.88. The quantitative estimate of drug-likeness (QED) is 0.575. The molecule has 2 nitrogen and oxygen atoms in total. The summed E-state index contributed by atoms with van der Waals surface area (Å²) in [6, 6.07) is 4.14. The van der Waals surface area contributed by atoms with Gasteiger partial charge in [-0.25, -0.2) is 4.39 Å². The fourth-order valence-corrected chi connectivity index (χ4v) is 0.960. The van der Waals surface area contributed by atoms with Crippen molar-refractivity contribution < 1.29 is 9.13 Å². The van der Waals surface area contributed by atoms with Crippen LogP contribution in [0.15, 0.2) is 18.2 Å². The van der Waals surface area contributed by atoms with Crippen molar-refractivity contribution in [3.63, 3.8) is 0 Å². The number of unbranched alkanes of at least 4 members (excludes halogenated alkanes) is 1. The van der Waals surface area contributed by atoms with Crippen LogP contribution in [0.25, 0.3) is 0 Å². The Kier molecular flexibility index (Phi) is 3.55. The normalized spacial score (nSPS) is 10.0. The zero-order valence-electron chi connectivity index (χ0n) is 7.72. The number of benzene rings is 1. The number of rotatable bonds is 4. The zero-order chi connectivity index (χ0) is 9.68. The first kappa shape index (κ1) is 9.84. The van der Waals surface area contributed by atoms with Gasteiger partial charge in [0.05, 0.1) is 12.3 Å². The maximum Gasteiger partial charge on any atom is 0.145 e. The highest BCUT2D eigenvalue weighted by Gasteiger charge is 2.01. The molecule has 1 rings (SSSR count). The molecule has 0 amide bonds. The van der Waals surface area contributed by atoms with Crippen LogP contribution in [0, 0.1) is 5.82 Å². The van der Waals surface area contributed by atoms with Crippen LogP contribution in [0.4, 0.5) is 10.1 Å². The van der Waals surface area contributed by atoms with E-state index in [1.807, 2.05) is 0 Å². The highest BCUT2D eigenvalue weighted by Crippen LogP contribution is 2.21. The van der Waals surface area contributed by atoms with E-state index in [4.69, 9.17) is 10.5 Å². The maximum atomic E-state index is 12.7. The van der Waals surface area contributed by atoms with E-state index in [0.717, 1.165) is 12.8 Å². The van der Waals surface area contributed by atoms with Gasteiger partial charge in [0.25, 0.3) is 0 Å². The Morgan fingerprint density at radius 1 is 1.46 bits per heavy atom. The average Bonchev–Trinajstić information content (AvgIpc) is 2.11. The van der Waals surface area contributed by atoms with Crippen LogP contribution >= 0.6 is 0 Å². The molecule has 0 radical (unpaired) electrons. The van der Waals surface area contributed by atoms with Crippen molar-refractivity contribution in [2.75, 3.05) is 12.3 Å². The fourth-order valence-electron chi connectivity index (χ4n) is 0.960. The lowest BCUT2D eigenvalue weighted by atomic mass is 10.3. The number of nitrogen functional groups attached to an aromatic ring is 1. The molecule has 0 aliphatic carbocycles. The molecule has 0 aliphatic rings. The largest absolute Gasteiger partial charge is 0.491 e. The third kappa shape index (κ3) is 2.93. The molecule has 0 unspecified atom stereocenters. The number of hydrogen-bond acceptors (Lipinski definition) is 2. The lowest BCUT2D eigenvalue weighted by Gasteiger charge is -2.07. The van der Waals surface area contributed by atoms with Crippen molar-refractivity contribution in [1.29, 1.82) is 0 Å². The maximum absolute atomic E-state index is 12.7. The Balaban J connectivity index is 2.59. The summed E-state index contributed by atoms with van der Waals surface area (Å²) in [6.45, 7) is 2.66. The summed E-state index contributed by atoms with van der Waals surface area (Å²) in [7, 11) is 0. The average molecular weight is 183 g/mol. The Morgan fingerprint density at radius 3 is 2.92 bits per heavy atom. The van der Waals surface area contributed by atoms with Crippen LogP contribution in [0.5, 0.6) is 5.75 Å². The molecule has 0 aromatic heterocycles. The van der Waals surface area contributed by atoms with Gasteiger partial charge in [-0.15, -0.1) is 0 Å². The number of anilines is 1. The molecule has 3 heteroatoms. The van der Waals surface area contributed by atoms with Gasteiger partial charge in [0.1, 0.15) is 11.6 Å². The predicted molar refractivity (Wildman–Crippen MR) is 51.2 cm³/mol. The molecule has 0 heterocycles. The summed E-state index contributed by atoms with van der Waals surface area (Å²) in [5, 5.41) is 0. The molecule has 0 atom stereocenters. The fraction of sp³-hybridized carbons (Fsp3) is 0.400. The van der Waals surface area contributed by atoms with Crippen molar-refractivity contribution in [3.05, 3.63) is 24.0 Å². The van der Waals surface area contributed by atoms with Crippen LogP contribution in [-0.2, 0) is 0 Å². The summed E-state index contributed by atoms with van der Waals surface area (Å²) in [5.41, 5.74) is 6.06. The van der Waals surface area contributed by atoms with E-state index in [0.29, 0.717) is 18.0 Å². The molecule has 0 bridgehead atoms. The zero-order valence-corrected chi connectivity index (χ0v) is 7.72. The lowest BCUT2D eigenvalue weighted by molar-refractivity contribution is 0.309. The first-order valence-corrected chi connectivity index (χ1v) is 4.42. The van der Waals surface area contributed by atoms with E-state index in [1.165, 1.54) is 18.2 Å². The monoisotopic (exact) mass is 183 g/mol. The Bertz CT molecular complexity index is 276. The van der Waals surface area contributed by atoms with E-state index in [2.05, 4.69) is 6.92 Å². The van der Waals surface area contributed by atoms with Gasteiger partial charge in [-0.1, -0.05) is 13.3 Å². The molecule has 0 saturated carbocycles. The minimum Gasteiger partial charge on any atom is -0.491 e. The van der Waals surface area contributed by atoms with Gasteiger partial charge < -0.3 is 10.5 Å². The van der Waals surface area contributed by atoms with Crippen molar-refractivity contribution in [2.45, 2.75) is 19.8 Å².